The normalized spacial score (nSPS) is 12.7. The first-order valence-electron chi connectivity index (χ1n) is 16.8. The molecule has 5 aromatic carbocycles. The van der Waals surface area contributed by atoms with E-state index in [0.29, 0.717) is 5.69 Å². The summed E-state index contributed by atoms with van der Waals surface area (Å²) in [6, 6.07) is 45.2. The van der Waals surface area contributed by atoms with E-state index < -0.39 is 36.1 Å². The molecule has 254 valence electrons. The maximum absolute atomic E-state index is 13.4. The van der Waals surface area contributed by atoms with Crippen molar-refractivity contribution < 1.29 is 24.2 Å². The highest BCUT2D eigenvalue weighted by molar-refractivity contribution is 5.88. The molecule has 0 aliphatic heterocycles. The summed E-state index contributed by atoms with van der Waals surface area (Å²) >= 11 is 0. The number of carbonyl (C=O) groups excluding carboxylic acids is 2. The molecule has 1 aromatic heterocycles. The number of carboxylic acids is 1. The zero-order chi connectivity index (χ0) is 35.2. The highest BCUT2D eigenvalue weighted by Crippen LogP contribution is 2.44. The molecule has 3 N–H and O–H groups in total. The minimum Gasteiger partial charge on any atom is -0.480 e. The van der Waals surface area contributed by atoms with Gasteiger partial charge in [-0.3, -0.25) is 9.59 Å². The molecule has 0 fully saturated rings. The van der Waals surface area contributed by atoms with Crippen LogP contribution in [0.4, 0.5) is 4.79 Å². The van der Waals surface area contributed by atoms with E-state index in [1.54, 1.807) is 6.33 Å². The number of alkyl carbamates (subject to hydrolysis) is 1. The molecule has 1 aliphatic carbocycles. The van der Waals surface area contributed by atoms with Crippen LogP contribution in [0.5, 0.6) is 0 Å². The van der Waals surface area contributed by atoms with E-state index in [9.17, 15) is 19.5 Å². The maximum atomic E-state index is 13.4. The largest absolute Gasteiger partial charge is 0.480 e. The van der Waals surface area contributed by atoms with Crippen molar-refractivity contribution in [2.24, 2.45) is 0 Å². The molecule has 1 heterocycles. The molecule has 7 rings (SSSR count). The number of amides is 2. The Labute approximate surface area is 295 Å². The van der Waals surface area contributed by atoms with Crippen LogP contribution in [0, 0.1) is 0 Å². The molecule has 0 radical (unpaired) electrons. The van der Waals surface area contributed by atoms with Gasteiger partial charge in [0.1, 0.15) is 24.7 Å². The zero-order valence-corrected chi connectivity index (χ0v) is 27.7. The summed E-state index contributed by atoms with van der Waals surface area (Å²) in [5.41, 5.74) is 7.00. The van der Waals surface area contributed by atoms with Gasteiger partial charge in [-0.2, -0.15) is 0 Å². The Hall–Kier alpha value is -6.48. The van der Waals surface area contributed by atoms with Crippen molar-refractivity contribution in [3.8, 4) is 11.1 Å². The number of hydrogen-bond donors (Lipinski definition) is 3. The molecular weight excluding hydrogens is 640 g/mol. The second-order valence-electron chi connectivity index (χ2n) is 12.4. The second kappa shape index (κ2) is 14.6. The van der Waals surface area contributed by atoms with Crippen molar-refractivity contribution in [2.45, 2.75) is 23.9 Å². The highest BCUT2D eigenvalue weighted by Gasteiger charge is 2.39. The number of aliphatic carboxylic acids is 1. The van der Waals surface area contributed by atoms with Gasteiger partial charge in [-0.15, -0.1) is 0 Å². The zero-order valence-electron chi connectivity index (χ0n) is 27.7. The summed E-state index contributed by atoms with van der Waals surface area (Å²) in [6.45, 7) is -0.541. The fourth-order valence-corrected chi connectivity index (χ4v) is 7.12. The van der Waals surface area contributed by atoms with Crippen LogP contribution in [0.3, 0.4) is 0 Å². The first-order chi connectivity index (χ1) is 24.9. The third-order valence-electron chi connectivity index (χ3n) is 9.38. The lowest BCUT2D eigenvalue weighted by Crippen LogP contribution is -2.49. The molecule has 1 aliphatic rings. The third kappa shape index (κ3) is 6.61. The number of imidazole rings is 1. The van der Waals surface area contributed by atoms with Crippen molar-refractivity contribution in [2.75, 3.05) is 13.2 Å². The van der Waals surface area contributed by atoms with Crippen molar-refractivity contribution in [1.29, 1.82) is 0 Å². The molecule has 9 heteroatoms. The molecule has 2 amide bonds. The number of hydrogen-bond acceptors (Lipinski definition) is 5. The summed E-state index contributed by atoms with van der Waals surface area (Å²) in [4.78, 5) is 42.7. The Balaban J connectivity index is 1.17. The fraction of sp³-hybridized carbons (Fsp3) is 0.143. The van der Waals surface area contributed by atoms with Gasteiger partial charge in [0, 0.05) is 18.5 Å². The van der Waals surface area contributed by atoms with Crippen LogP contribution in [0.2, 0.25) is 0 Å². The first kappa shape index (κ1) is 33.0. The Morgan fingerprint density at radius 1 is 0.725 bits per heavy atom. The average molecular weight is 677 g/mol. The number of aromatic nitrogens is 2. The van der Waals surface area contributed by atoms with Crippen LogP contribution in [0.1, 0.15) is 39.4 Å². The quantitative estimate of drug-likeness (QED) is 0.130. The molecule has 1 atom stereocenters. The number of fused-ring (bicyclic) bond motifs is 3. The van der Waals surface area contributed by atoms with Crippen LogP contribution in [0.25, 0.3) is 11.1 Å². The molecule has 6 aromatic rings. The van der Waals surface area contributed by atoms with Crippen LogP contribution in [0.15, 0.2) is 152 Å². The van der Waals surface area contributed by atoms with Crippen molar-refractivity contribution >= 4 is 18.0 Å². The number of nitrogens with one attached hydrogen (secondary N) is 2. The minimum absolute atomic E-state index is 0.0168. The first-order valence-corrected chi connectivity index (χ1v) is 16.8. The van der Waals surface area contributed by atoms with E-state index in [4.69, 9.17) is 9.72 Å². The van der Waals surface area contributed by atoms with E-state index in [0.717, 1.165) is 38.9 Å². The number of ether oxygens (including phenoxy) is 1. The lowest BCUT2D eigenvalue weighted by Gasteiger charge is -2.37. The molecule has 0 saturated carbocycles. The van der Waals surface area contributed by atoms with Crippen LogP contribution < -0.4 is 10.6 Å². The second-order valence-corrected chi connectivity index (χ2v) is 12.4. The molecule has 0 bridgehead atoms. The number of benzene rings is 5. The summed E-state index contributed by atoms with van der Waals surface area (Å²) < 4.78 is 7.76. The fourth-order valence-electron chi connectivity index (χ4n) is 7.12. The van der Waals surface area contributed by atoms with Gasteiger partial charge >= 0.3 is 12.1 Å². The van der Waals surface area contributed by atoms with Gasteiger partial charge < -0.3 is 25.0 Å². The van der Waals surface area contributed by atoms with E-state index in [1.165, 1.54) is 0 Å². The summed E-state index contributed by atoms with van der Waals surface area (Å²) in [5.74, 6) is -2.04. The van der Waals surface area contributed by atoms with Gasteiger partial charge in [0.05, 0.1) is 12.0 Å². The molecular formula is C42H36N4O5. The minimum atomic E-state index is -1.20. The molecule has 51 heavy (non-hydrogen) atoms. The van der Waals surface area contributed by atoms with E-state index in [2.05, 4.69) is 59.2 Å². The van der Waals surface area contributed by atoms with Crippen LogP contribution in [-0.4, -0.2) is 51.8 Å². The van der Waals surface area contributed by atoms with Gasteiger partial charge in [-0.25, -0.2) is 9.78 Å². The Kier molecular flexibility index (Phi) is 9.43. The SMILES string of the molecule is O=C(O)CNC(=O)C(Cc1cn(C(c2ccccc2)(c2ccccc2)c2ccccc2)cn1)NC(=O)OCC1c2ccccc2-c2ccccc21. The molecule has 0 saturated heterocycles. The number of carbonyl (C=O) groups is 3. The van der Waals surface area contributed by atoms with Gasteiger partial charge in [0.15, 0.2) is 0 Å². The Morgan fingerprint density at radius 3 is 1.73 bits per heavy atom. The Morgan fingerprint density at radius 2 is 1.22 bits per heavy atom. The third-order valence-corrected chi connectivity index (χ3v) is 9.38. The lowest BCUT2D eigenvalue weighted by atomic mass is 9.77. The van der Waals surface area contributed by atoms with Crippen LogP contribution in [-0.2, 0) is 26.3 Å². The summed E-state index contributed by atoms with van der Waals surface area (Å²) in [6.07, 6.45) is 2.78. The van der Waals surface area contributed by atoms with Gasteiger partial charge in [-0.1, -0.05) is 140 Å². The van der Waals surface area contributed by atoms with Gasteiger partial charge in [0.2, 0.25) is 5.91 Å². The van der Waals surface area contributed by atoms with E-state index in [1.807, 2.05) is 102 Å². The maximum Gasteiger partial charge on any atom is 0.407 e. The van der Waals surface area contributed by atoms with Gasteiger partial charge in [0.25, 0.3) is 0 Å². The van der Waals surface area contributed by atoms with Crippen LogP contribution >= 0.6 is 0 Å². The van der Waals surface area contributed by atoms with E-state index in [-0.39, 0.29) is 18.9 Å². The van der Waals surface area contributed by atoms with Crippen molar-refractivity contribution in [1.82, 2.24) is 20.2 Å². The Bertz CT molecular complexity index is 2010. The molecule has 9 nitrogen and oxygen atoms in total. The highest BCUT2D eigenvalue weighted by atomic mass is 16.5. The van der Waals surface area contributed by atoms with Crippen molar-refractivity contribution in [3.63, 3.8) is 0 Å². The molecule has 0 spiro atoms. The smallest absolute Gasteiger partial charge is 0.407 e. The predicted molar refractivity (Wildman–Crippen MR) is 193 cm³/mol. The number of rotatable bonds is 12. The lowest BCUT2D eigenvalue weighted by molar-refractivity contribution is -0.138. The van der Waals surface area contributed by atoms with Crippen molar-refractivity contribution in [3.05, 3.63) is 186 Å². The molecule has 1 unspecified atom stereocenters. The average Bonchev–Trinajstić information content (AvgIpc) is 3.77. The monoisotopic (exact) mass is 676 g/mol. The standard InChI is InChI=1S/C42H36N4O5/c47-39(48)25-43-40(49)38(45-41(50)51-27-37-35-22-12-10-20-33(35)34-21-11-13-23-36(34)37)24-32-26-46(28-44-32)42(29-14-4-1-5-15-29,30-16-6-2-7-17-30)31-18-8-3-9-19-31/h1-23,26,28,37-38H,24-25,27H2,(H,43,49)(H,45,50)(H,47,48). The van der Waals surface area contributed by atoms with Gasteiger partial charge in [-0.05, 0) is 38.9 Å². The topological polar surface area (TPSA) is 123 Å². The summed E-state index contributed by atoms with van der Waals surface area (Å²) in [7, 11) is 0. The number of carboxylic acid groups (broad SMARTS) is 1. The predicted octanol–water partition coefficient (Wildman–Crippen LogP) is 6.37. The van der Waals surface area contributed by atoms with E-state index >= 15 is 0 Å². The number of nitrogens with zero attached hydrogens (tertiary/aromatic N) is 2. The summed E-state index contributed by atoms with van der Waals surface area (Å²) in [5, 5.41) is 14.3.